The average Bonchev–Trinajstić information content (AvgIpc) is 3.39. The van der Waals surface area contributed by atoms with Gasteiger partial charge in [-0.1, -0.05) is 0 Å². The first-order valence-electron chi connectivity index (χ1n) is 13.1. The second kappa shape index (κ2) is 8.14. The second-order valence-electron chi connectivity index (χ2n) is 11.5. The van der Waals surface area contributed by atoms with E-state index in [-0.39, 0.29) is 23.8 Å². The summed E-state index contributed by atoms with van der Waals surface area (Å²) < 4.78 is 3.28. The van der Waals surface area contributed by atoms with Gasteiger partial charge in [0.15, 0.2) is 0 Å². The molecule has 0 spiro atoms. The maximum Gasteiger partial charge on any atom is 0.270 e. The van der Waals surface area contributed by atoms with Gasteiger partial charge < -0.3 is 14.8 Å². The van der Waals surface area contributed by atoms with Crippen LogP contribution in [0.25, 0.3) is 10.2 Å². The average molecular weight is 468 g/mol. The van der Waals surface area contributed by atoms with E-state index in [1.165, 1.54) is 38.5 Å². The molecule has 4 saturated carbocycles. The van der Waals surface area contributed by atoms with Gasteiger partial charge in [0.05, 0.1) is 16.1 Å². The van der Waals surface area contributed by atoms with Crippen molar-refractivity contribution in [2.45, 2.75) is 77.8 Å². The molecule has 0 aromatic carbocycles. The van der Waals surface area contributed by atoms with Crippen molar-refractivity contribution in [2.75, 3.05) is 13.1 Å². The number of aryl methyl sites for hydroxylation is 1. The van der Waals surface area contributed by atoms with Crippen molar-refractivity contribution in [2.24, 2.45) is 29.1 Å². The Morgan fingerprint density at radius 1 is 1.18 bits per heavy atom. The Kier molecular flexibility index (Phi) is 5.35. The van der Waals surface area contributed by atoms with Gasteiger partial charge in [0.25, 0.3) is 5.91 Å². The standard InChI is InChI=1S/C27H37N3O2S/c1-3-30-22-6-8-33-24(22)12-23(30)26(32)29-7-4-5-21(16-29)25(31)28-17(2)27-13-18-9-19(14-27)11-20(10-18)15-27/h6,8,12,17-21H,3-5,7,9-11,13-16H2,1-2H3,(H,28,31)/t17-,18?,19?,20?,21+,27?/m0/s1. The fourth-order valence-electron chi connectivity index (χ4n) is 8.22. The molecule has 3 heterocycles. The van der Waals surface area contributed by atoms with Crippen molar-refractivity contribution in [1.82, 2.24) is 14.8 Å². The van der Waals surface area contributed by atoms with Crippen LogP contribution in [0.3, 0.4) is 0 Å². The number of carbonyl (C=O) groups is 2. The summed E-state index contributed by atoms with van der Waals surface area (Å²) >= 11 is 1.68. The first kappa shape index (κ1) is 21.7. The van der Waals surface area contributed by atoms with E-state index in [0.29, 0.717) is 12.0 Å². The fraction of sp³-hybridized carbons (Fsp3) is 0.704. The van der Waals surface area contributed by atoms with E-state index in [1.54, 1.807) is 11.3 Å². The zero-order valence-corrected chi connectivity index (χ0v) is 20.8. The topological polar surface area (TPSA) is 54.3 Å². The van der Waals surface area contributed by atoms with Gasteiger partial charge in [-0.15, -0.1) is 11.3 Å². The van der Waals surface area contributed by atoms with Gasteiger partial charge in [-0.2, -0.15) is 0 Å². The number of carbonyl (C=O) groups excluding carboxylic acids is 2. The summed E-state index contributed by atoms with van der Waals surface area (Å²) in [5.74, 6) is 2.83. The Balaban J connectivity index is 1.13. The van der Waals surface area contributed by atoms with E-state index < -0.39 is 0 Å². The number of piperidine rings is 1. The van der Waals surface area contributed by atoms with Crippen LogP contribution in [0.4, 0.5) is 0 Å². The minimum absolute atomic E-state index is 0.0758. The Morgan fingerprint density at radius 3 is 2.55 bits per heavy atom. The molecule has 5 nitrogen and oxygen atoms in total. The summed E-state index contributed by atoms with van der Waals surface area (Å²) in [6, 6.07) is 4.37. The van der Waals surface area contributed by atoms with Crippen LogP contribution in [0.2, 0.25) is 0 Å². The molecule has 1 aliphatic heterocycles. The van der Waals surface area contributed by atoms with E-state index in [9.17, 15) is 9.59 Å². The molecular weight excluding hydrogens is 430 g/mol. The fourth-order valence-corrected chi connectivity index (χ4v) is 9.05. The van der Waals surface area contributed by atoms with Crippen molar-refractivity contribution in [3.63, 3.8) is 0 Å². The number of fused-ring (bicyclic) bond motifs is 1. The number of nitrogens with one attached hydrogen (secondary N) is 1. The Labute approximate surface area is 200 Å². The van der Waals surface area contributed by atoms with Gasteiger partial charge in [0.2, 0.25) is 5.91 Å². The molecule has 1 N–H and O–H groups in total. The maximum absolute atomic E-state index is 13.4. The number of aromatic nitrogens is 1. The number of thiophene rings is 1. The van der Waals surface area contributed by atoms with Crippen molar-refractivity contribution in [3.05, 3.63) is 23.2 Å². The monoisotopic (exact) mass is 467 g/mol. The minimum Gasteiger partial charge on any atom is -0.353 e. The highest BCUT2D eigenvalue weighted by atomic mass is 32.1. The molecule has 7 rings (SSSR count). The lowest BCUT2D eigenvalue weighted by Gasteiger charge is -2.59. The minimum atomic E-state index is -0.0924. The van der Waals surface area contributed by atoms with Gasteiger partial charge >= 0.3 is 0 Å². The molecule has 33 heavy (non-hydrogen) atoms. The lowest BCUT2D eigenvalue weighted by Crippen LogP contribution is -2.57. The third-order valence-corrected chi connectivity index (χ3v) is 10.4. The predicted octanol–water partition coefficient (Wildman–Crippen LogP) is 5.30. The van der Waals surface area contributed by atoms with Gasteiger partial charge in [-0.05, 0) is 106 Å². The van der Waals surface area contributed by atoms with Crippen LogP contribution in [-0.4, -0.2) is 40.4 Å². The smallest absolute Gasteiger partial charge is 0.270 e. The van der Waals surface area contributed by atoms with Gasteiger partial charge in [-0.25, -0.2) is 0 Å². The van der Waals surface area contributed by atoms with Crippen LogP contribution in [0.15, 0.2) is 17.5 Å². The molecule has 4 aliphatic carbocycles. The van der Waals surface area contributed by atoms with Crippen LogP contribution in [0.5, 0.6) is 0 Å². The predicted molar refractivity (Wildman–Crippen MR) is 132 cm³/mol. The van der Waals surface area contributed by atoms with E-state index >= 15 is 0 Å². The normalized spacial score (nSPS) is 34.1. The van der Waals surface area contributed by atoms with Crippen molar-refractivity contribution < 1.29 is 9.59 Å². The molecule has 6 heteroatoms. The molecule has 178 valence electrons. The number of hydrogen-bond donors (Lipinski definition) is 1. The first-order valence-corrected chi connectivity index (χ1v) is 14.0. The lowest BCUT2D eigenvalue weighted by atomic mass is 9.48. The molecule has 5 fully saturated rings. The molecule has 2 amide bonds. The number of amides is 2. The van der Waals surface area contributed by atoms with Crippen molar-refractivity contribution >= 4 is 33.4 Å². The third-order valence-electron chi connectivity index (χ3n) is 9.50. The molecule has 2 aromatic rings. The zero-order chi connectivity index (χ0) is 22.7. The van der Waals surface area contributed by atoms with E-state index in [4.69, 9.17) is 0 Å². The van der Waals surface area contributed by atoms with Gasteiger partial charge in [-0.3, -0.25) is 9.59 Å². The second-order valence-corrected chi connectivity index (χ2v) is 12.5. The van der Waals surface area contributed by atoms with Crippen LogP contribution < -0.4 is 5.32 Å². The summed E-state index contributed by atoms with van der Waals surface area (Å²) in [7, 11) is 0. The van der Waals surface area contributed by atoms with E-state index in [2.05, 4.69) is 35.2 Å². The quantitative estimate of drug-likeness (QED) is 0.649. The molecule has 0 radical (unpaired) electrons. The molecule has 1 saturated heterocycles. The molecular formula is C27H37N3O2S. The van der Waals surface area contributed by atoms with Crippen molar-refractivity contribution in [1.29, 1.82) is 0 Å². The summed E-state index contributed by atoms with van der Waals surface area (Å²) in [4.78, 5) is 28.7. The van der Waals surface area contributed by atoms with Crippen LogP contribution in [0.1, 0.15) is 75.7 Å². The Morgan fingerprint density at radius 2 is 1.88 bits per heavy atom. The molecule has 2 atom stereocenters. The SMILES string of the molecule is CCn1c(C(=O)N2CCC[C@@H](C(=O)N[C@@H](C)C34CC5CC(CC(C5)C3)C4)C2)cc2sccc21. The van der Waals surface area contributed by atoms with Gasteiger partial charge in [0.1, 0.15) is 5.69 Å². The molecule has 4 bridgehead atoms. The van der Waals surface area contributed by atoms with Crippen LogP contribution >= 0.6 is 11.3 Å². The molecule has 0 unspecified atom stereocenters. The molecule has 5 aliphatic rings. The Bertz CT molecular complexity index is 1030. The summed E-state index contributed by atoms with van der Waals surface area (Å²) in [5, 5.41) is 5.55. The van der Waals surface area contributed by atoms with Crippen LogP contribution in [0, 0.1) is 29.1 Å². The Hall–Kier alpha value is -1.82. The van der Waals surface area contributed by atoms with Crippen molar-refractivity contribution in [3.8, 4) is 0 Å². The number of hydrogen-bond acceptors (Lipinski definition) is 3. The first-order chi connectivity index (χ1) is 16.0. The number of nitrogens with zero attached hydrogens (tertiary/aromatic N) is 2. The van der Waals surface area contributed by atoms with E-state index in [1.807, 2.05) is 11.0 Å². The molecule has 2 aromatic heterocycles. The van der Waals surface area contributed by atoms with Crippen LogP contribution in [-0.2, 0) is 11.3 Å². The maximum atomic E-state index is 13.4. The zero-order valence-electron chi connectivity index (χ0n) is 20.0. The largest absolute Gasteiger partial charge is 0.353 e. The highest BCUT2D eigenvalue weighted by molar-refractivity contribution is 7.17. The highest BCUT2D eigenvalue weighted by Gasteiger charge is 2.53. The van der Waals surface area contributed by atoms with Gasteiger partial charge in [0, 0.05) is 25.7 Å². The highest BCUT2D eigenvalue weighted by Crippen LogP contribution is 2.61. The number of rotatable bonds is 5. The summed E-state index contributed by atoms with van der Waals surface area (Å²) in [6.45, 7) is 6.42. The lowest BCUT2D eigenvalue weighted by molar-refractivity contribution is -0.131. The van der Waals surface area contributed by atoms with E-state index in [0.717, 1.165) is 59.6 Å². The number of likely N-dealkylation sites (tertiary alicyclic amines) is 1. The third kappa shape index (κ3) is 3.64. The summed E-state index contributed by atoms with van der Waals surface area (Å²) in [5.41, 5.74) is 2.23. The summed E-state index contributed by atoms with van der Waals surface area (Å²) in [6.07, 6.45) is 9.98.